The predicted molar refractivity (Wildman–Crippen MR) is 65.1 cm³/mol. The summed E-state index contributed by atoms with van der Waals surface area (Å²) < 4.78 is 0. The molecule has 0 atom stereocenters. The van der Waals surface area contributed by atoms with E-state index in [9.17, 15) is 0 Å². The molecule has 1 N–H and O–H groups in total. The predicted octanol–water partition coefficient (Wildman–Crippen LogP) is 2.25. The summed E-state index contributed by atoms with van der Waals surface area (Å²) in [6, 6.07) is 1.73. The highest BCUT2D eigenvalue weighted by Crippen LogP contribution is 2.25. The molecular weight excluding hydrogens is 184 g/mol. The van der Waals surface area contributed by atoms with E-state index in [2.05, 4.69) is 24.2 Å². The zero-order chi connectivity index (χ0) is 10.7. The van der Waals surface area contributed by atoms with Gasteiger partial charge in [-0.3, -0.25) is 0 Å². The topological polar surface area (TPSA) is 15.3 Å². The molecule has 0 unspecified atom stereocenters. The van der Waals surface area contributed by atoms with Crippen molar-refractivity contribution in [3.05, 3.63) is 0 Å². The van der Waals surface area contributed by atoms with E-state index in [0.29, 0.717) is 0 Å². The van der Waals surface area contributed by atoms with E-state index >= 15 is 0 Å². The molecule has 0 radical (unpaired) electrons. The van der Waals surface area contributed by atoms with E-state index in [1.54, 1.807) is 0 Å². The SMILES string of the molecule is CC1CCC(NCCN(C)C2CC2)CC1. The summed E-state index contributed by atoms with van der Waals surface area (Å²) in [6.45, 7) is 4.81. The number of rotatable bonds is 5. The quantitative estimate of drug-likeness (QED) is 0.749. The Balaban J connectivity index is 1.53. The average molecular weight is 210 g/mol. The van der Waals surface area contributed by atoms with E-state index in [-0.39, 0.29) is 0 Å². The Labute approximate surface area is 94.4 Å². The standard InChI is InChI=1S/C13H26N2/c1-11-3-5-12(6-4-11)14-9-10-15(2)13-7-8-13/h11-14H,3-10H2,1-2H3. The van der Waals surface area contributed by atoms with E-state index < -0.39 is 0 Å². The Morgan fingerprint density at radius 3 is 2.33 bits per heavy atom. The van der Waals surface area contributed by atoms with Crippen molar-refractivity contribution in [1.82, 2.24) is 10.2 Å². The number of nitrogens with one attached hydrogen (secondary N) is 1. The molecule has 15 heavy (non-hydrogen) atoms. The molecular formula is C13H26N2. The van der Waals surface area contributed by atoms with Crippen LogP contribution in [-0.4, -0.2) is 37.1 Å². The van der Waals surface area contributed by atoms with Crippen LogP contribution in [0.2, 0.25) is 0 Å². The molecule has 0 aromatic carbocycles. The lowest BCUT2D eigenvalue weighted by Crippen LogP contribution is -2.38. The molecule has 0 amide bonds. The van der Waals surface area contributed by atoms with Crippen molar-refractivity contribution in [2.45, 2.75) is 57.5 Å². The molecule has 0 aliphatic heterocycles. The lowest BCUT2D eigenvalue weighted by atomic mass is 9.87. The summed E-state index contributed by atoms with van der Waals surface area (Å²) in [5, 5.41) is 3.71. The van der Waals surface area contributed by atoms with Crippen LogP contribution in [0.3, 0.4) is 0 Å². The minimum absolute atomic E-state index is 0.814. The second-order valence-electron chi connectivity index (χ2n) is 5.62. The molecule has 88 valence electrons. The van der Waals surface area contributed by atoms with E-state index in [4.69, 9.17) is 0 Å². The minimum atomic E-state index is 0.814. The molecule has 2 saturated carbocycles. The Kier molecular flexibility index (Phi) is 4.04. The molecule has 2 aliphatic carbocycles. The van der Waals surface area contributed by atoms with Gasteiger partial charge in [0.2, 0.25) is 0 Å². The van der Waals surface area contributed by atoms with Gasteiger partial charge in [-0.2, -0.15) is 0 Å². The van der Waals surface area contributed by atoms with E-state index in [0.717, 1.165) is 18.0 Å². The van der Waals surface area contributed by atoms with Gasteiger partial charge in [-0.15, -0.1) is 0 Å². The number of likely N-dealkylation sites (N-methyl/N-ethyl adjacent to an activating group) is 1. The van der Waals surface area contributed by atoms with Gasteiger partial charge in [-0.05, 0) is 51.5 Å². The van der Waals surface area contributed by atoms with Gasteiger partial charge in [-0.1, -0.05) is 6.92 Å². The molecule has 2 aliphatic rings. The zero-order valence-electron chi connectivity index (χ0n) is 10.3. The Bertz CT molecular complexity index is 181. The summed E-state index contributed by atoms with van der Waals surface area (Å²) in [6.07, 6.45) is 8.50. The van der Waals surface area contributed by atoms with Crippen LogP contribution in [-0.2, 0) is 0 Å². The van der Waals surface area contributed by atoms with Crippen LogP contribution in [0.4, 0.5) is 0 Å². The summed E-state index contributed by atoms with van der Waals surface area (Å²) in [4.78, 5) is 2.51. The lowest BCUT2D eigenvalue weighted by Gasteiger charge is -2.27. The zero-order valence-corrected chi connectivity index (χ0v) is 10.3. The molecule has 0 saturated heterocycles. The number of hydrogen-bond donors (Lipinski definition) is 1. The molecule has 2 fully saturated rings. The summed E-state index contributed by atoms with van der Waals surface area (Å²) >= 11 is 0. The highest BCUT2D eigenvalue weighted by molar-refractivity contribution is 4.83. The van der Waals surface area contributed by atoms with Gasteiger partial charge in [0.15, 0.2) is 0 Å². The highest BCUT2D eigenvalue weighted by atomic mass is 15.2. The van der Waals surface area contributed by atoms with Crippen molar-refractivity contribution in [3.8, 4) is 0 Å². The molecule has 0 heterocycles. The highest BCUT2D eigenvalue weighted by Gasteiger charge is 2.25. The van der Waals surface area contributed by atoms with Gasteiger partial charge < -0.3 is 10.2 Å². The normalized spacial score (nSPS) is 32.2. The first kappa shape index (κ1) is 11.4. The maximum Gasteiger partial charge on any atom is 0.0107 e. The van der Waals surface area contributed by atoms with Gasteiger partial charge in [0.1, 0.15) is 0 Å². The van der Waals surface area contributed by atoms with Crippen molar-refractivity contribution < 1.29 is 0 Å². The number of hydrogen-bond acceptors (Lipinski definition) is 2. The van der Waals surface area contributed by atoms with Crippen LogP contribution in [0, 0.1) is 5.92 Å². The maximum absolute atomic E-state index is 3.71. The molecule has 0 aromatic heterocycles. The van der Waals surface area contributed by atoms with Crippen molar-refractivity contribution >= 4 is 0 Å². The largest absolute Gasteiger partial charge is 0.313 e. The van der Waals surface area contributed by atoms with Crippen LogP contribution in [0.1, 0.15) is 45.4 Å². The second-order valence-corrected chi connectivity index (χ2v) is 5.62. The molecule has 0 bridgehead atoms. The molecule has 2 nitrogen and oxygen atoms in total. The summed E-state index contributed by atoms with van der Waals surface area (Å²) in [5.74, 6) is 0.970. The van der Waals surface area contributed by atoms with E-state index in [1.807, 2.05) is 0 Å². The van der Waals surface area contributed by atoms with Gasteiger partial charge in [-0.25, -0.2) is 0 Å². The van der Waals surface area contributed by atoms with Crippen LogP contribution in [0.5, 0.6) is 0 Å². The van der Waals surface area contributed by atoms with Crippen molar-refractivity contribution in [2.24, 2.45) is 5.92 Å². The maximum atomic E-state index is 3.71. The van der Waals surface area contributed by atoms with Gasteiger partial charge >= 0.3 is 0 Å². The fraction of sp³-hybridized carbons (Fsp3) is 1.00. The third-order valence-electron chi connectivity index (χ3n) is 4.08. The fourth-order valence-electron chi connectivity index (χ4n) is 2.61. The van der Waals surface area contributed by atoms with Gasteiger partial charge in [0.25, 0.3) is 0 Å². The van der Waals surface area contributed by atoms with Crippen LogP contribution < -0.4 is 5.32 Å². The molecule has 2 heteroatoms. The minimum Gasteiger partial charge on any atom is -0.313 e. The Hall–Kier alpha value is -0.0800. The fourth-order valence-corrected chi connectivity index (χ4v) is 2.61. The van der Waals surface area contributed by atoms with Gasteiger partial charge in [0.05, 0.1) is 0 Å². The number of nitrogens with zero attached hydrogens (tertiary/aromatic N) is 1. The lowest BCUT2D eigenvalue weighted by molar-refractivity contribution is 0.278. The van der Waals surface area contributed by atoms with Crippen LogP contribution in [0.25, 0.3) is 0 Å². The molecule has 2 rings (SSSR count). The van der Waals surface area contributed by atoms with Gasteiger partial charge in [0, 0.05) is 25.2 Å². The molecule has 0 spiro atoms. The van der Waals surface area contributed by atoms with Crippen LogP contribution in [0.15, 0.2) is 0 Å². The average Bonchev–Trinajstić information content (AvgIpc) is 3.04. The third kappa shape index (κ3) is 3.76. The van der Waals surface area contributed by atoms with Crippen LogP contribution >= 0.6 is 0 Å². The monoisotopic (exact) mass is 210 g/mol. The summed E-state index contributed by atoms with van der Waals surface area (Å²) in [7, 11) is 2.27. The summed E-state index contributed by atoms with van der Waals surface area (Å²) in [5.41, 5.74) is 0. The van der Waals surface area contributed by atoms with Crippen molar-refractivity contribution in [1.29, 1.82) is 0 Å². The Morgan fingerprint density at radius 2 is 1.73 bits per heavy atom. The first-order chi connectivity index (χ1) is 7.25. The smallest absolute Gasteiger partial charge is 0.0107 e. The molecule has 0 aromatic rings. The van der Waals surface area contributed by atoms with E-state index in [1.165, 1.54) is 51.6 Å². The first-order valence-corrected chi connectivity index (χ1v) is 6.69. The Morgan fingerprint density at radius 1 is 1.07 bits per heavy atom. The van der Waals surface area contributed by atoms with Crippen molar-refractivity contribution in [3.63, 3.8) is 0 Å². The second kappa shape index (κ2) is 5.31. The first-order valence-electron chi connectivity index (χ1n) is 6.69. The third-order valence-corrected chi connectivity index (χ3v) is 4.08. The van der Waals surface area contributed by atoms with Crippen molar-refractivity contribution in [2.75, 3.05) is 20.1 Å².